The Kier molecular flexibility index (Phi) is 4.86. The number of hydrogen-bond donors (Lipinski definition) is 2. The second kappa shape index (κ2) is 5.95. The molecule has 3 N–H and O–H groups in total. The van der Waals surface area contributed by atoms with Crippen molar-refractivity contribution in [1.82, 2.24) is 9.78 Å². The zero-order chi connectivity index (χ0) is 13.0. The van der Waals surface area contributed by atoms with E-state index in [-0.39, 0.29) is 17.4 Å². The fourth-order valence-electron chi connectivity index (χ4n) is 1.78. The van der Waals surface area contributed by atoms with E-state index in [0.29, 0.717) is 5.03 Å². The highest BCUT2D eigenvalue weighted by Crippen LogP contribution is 2.30. The molecule has 0 fully saturated rings. The Morgan fingerprint density at radius 3 is 2.47 bits per heavy atom. The molecule has 0 atom stereocenters. The van der Waals surface area contributed by atoms with Crippen LogP contribution in [-0.4, -0.2) is 26.6 Å². The number of aromatic nitrogens is 2. The van der Waals surface area contributed by atoms with Crippen molar-refractivity contribution in [2.75, 3.05) is 11.5 Å². The van der Waals surface area contributed by atoms with Gasteiger partial charge in [0.2, 0.25) is 0 Å². The first-order chi connectivity index (χ1) is 8.06. The molecule has 17 heavy (non-hydrogen) atoms. The van der Waals surface area contributed by atoms with E-state index in [4.69, 9.17) is 10.8 Å². The number of carboxylic acid groups (broad SMARTS) is 1. The van der Waals surface area contributed by atoms with Crippen molar-refractivity contribution < 1.29 is 9.90 Å². The average Bonchev–Trinajstić information content (AvgIpc) is 2.59. The number of anilines is 1. The van der Waals surface area contributed by atoms with E-state index in [9.17, 15) is 4.79 Å². The number of aromatic carboxylic acids is 1. The summed E-state index contributed by atoms with van der Waals surface area (Å²) in [6.07, 6.45) is 1.77. The molecular formula is C11H19N3O2S. The van der Waals surface area contributed by atoms with Gasteiger partial charge >= 0.3 is 5.97 Å². The van der Waals surface area contributed by atoms with Crippen LogP contribution in [0, 0.1) is 0 Å². The van der Waals surface area contributed by atoms with Gasteiger partial charge in [0.25, 0.3) is 0 Å². The Morgan fingerprint density at radius 1 is 1.47 bits per heavy atom. The van der Waals surface area contributed by atoms with Crippen LogP contribution in [0.3, 0.4) is 0 Å². The van der Waals surface area contributed by atoms with Crippen molar-refractivity contribution in [2.45, 2.75) is 44.7 Å². The Morgan fingerprint density at radius 2 is 2.06 bits per heavy atom. The van der Waals surface area contributed by atoms with Crippen LogP contribution in [0.1, 0.15) is 50.0 Å². The Labute approximate surface area is 105 Å². The SMILES string of the molecule is CCSc1nn(C(CC)CC)c(N)c1C(=O)O. The smallest absolute Gasteiger partial charge is 0.342 e. The summed E-state index contributed by atoms with van der Waals surface area (Å²) in [5.74, 6) is 0.0393. The summed E-state index contributed by atoms with van der Waals surface area (Å²) in [7, 11) is 0. The van der Waals surface area contributed by atoms with Crippen LogP contribution < -0.4 is 5.73 Å². The molecule has 1 heterocycles. The lowest BCUT2D eigenvalue weighted by Crippen LogP contribution is -2.13. The normalized spacial score (nSPS) is 11.1. The maximum absolute atomic E-state index is 11.2. The maximum atomic E-state index is 11.2. The lowest BCUT2D eigenvalue weighted by atomic mass is 10.2. The van der Waals surface area contributed by atoms with Crippen molar-refractivity contribution in [3.05, 3.63) is 5.56 Å². The van der Waals surface area contributed by atoms with Gasteiger partial charge in [0.15, 0.2) is 0 Å². The molecule has 0 saturated carbocycles. The summed E-state index contributed by atoms with van der Waals surface area (Å²) in [6.45, 7) is 6.05. The largest absolute Gasteiger partial charge is 0.477 e. The Hall–Kier alpha value is -1.17. The molecule has 5 nitrogen and oxygen atoms in total. The minimum Gasteiger partial charge on any atom is -0.477 e. The number of carbonyl (C=O) groups is 1. The van der Waals surface area contributed by atoms with Gasteiger partial charge in [-0.2, -0.15) is 5.10 Å². The summed E-state index contributed by atoms with van der Waals surface area (Å²) in [5, 5.41) is 14.0. The highest BCUT2D eigenvalue weighted by molar-refractivity contribution is 7.99. The lowest BCUT2D eigenvalue weighted by Gasteiger charge is -2.14. The number of thioether (sulfide) groups is 1. The lowest BCUT2D eigenvalue weighted by molar-refractivity contribution is 0.0694. The molecule has 1 aromatic rings. The fourth-order valence-corrected chi connectivity index (χ4v) is 2.53. The molecule has 0 aliphatic heterocycles. The number of carboxylic acids is 1. The fraction of sp³-hybridized carbons (Fsp3) is 0.636. The van der Waals surface area contributed by atoms with Crippen molar-refractivity contribution in [1.29, 1.82) is 0 Å². The molecule has 0 amide bonds. The summed E-state index contributed by atoms with van der Waals surface area (Å²) >= 11 is 1.41. The van der Waals surface area contributed by atoms with Gasteiger partial charge in [-0.25, -0.2) is 9.48 Å². The third-order valence-corrected chi connectivity index (χ3v) is 3.55. The van der Waals surface area contributed by atoms with E-state index in [0.717, 1.165) is 18.6 Å². The molecule has 0 aliphatic rings. The molecule has 0 spiro atoms. The minimum absolute atomic E-state index is 0.142. The highest BCUT2D eigenvalue weighted by atomic mass is 32.2. The Bertz CT molecular complexity index is 400. The molecule has 0 radical (unpaired) electrons. The third kappa shape index (κ3) is 2.74. The second-order valence-corrected chi connectivity index (χ2v) is 4.97. The van der Waals surface area contributed by atoms with E-state index < -0.39 is 5.97 Å². The highest BCUT2D eigenvalue weighted by Gasteiger charge is 2.24. The average molecular weight is 257 g/mol. The predicted octanol–water partition coefficient (Wildman–Crippen LogP) is 2.64. The molecule has 6 heteroatoms. The van der Waals surface area contributed by atoms with Crippen molar-refractivity contribution in [2.24, 2.45) is 0 Å². The van der Waals surface area contributed by atoms with Gasteiger partial charge in [-0.3, -0.25) is 0 Å². The van der Waals surface area contributed by atoms with E-state index in [1.165, 1.54) is 11.8 Å². The molecule has 1 rings (SSSR count). The maximum Gasteiger partial charge on any atom is 0.342 e. The van der Waals surface area contributed by atoms with Crippen molar-refractivity contribution >= 4 is 23.5 Å². The van der Waals surface area contributed by atoms with E-state index in [1.807, 2.05) is 20.8 Å². The first kappa shape index (κ1) is 13.9. The van der Waals surface area contributed by atoms with E-state index in [1.54, 1.807) is 4.68 Å². The van der Waals surface area contributed by atoms with Gasteiger partial charge in [0, 0.05) is 0 Å². The van der Waals surface area contributed by atoms with Gasteiger partial charge in [-0.05, 0) is 18.6 Å². The first-order valence-electron chi connectivity index (χ1n) is 5.80. The monoisotopic (exact) mass is 257 g/mol. The number of nitrogen functional groups attached to an aromatic ring is 1. The van der Waals surface area contributed by atoms with Crippen LogP contribution >= 0.6 is 11.8 Å². The molecular weight excluding hydrogens is 238 g/mol. The van der Waals surface area contributed by atoms with Gasteiger partial charge in [0.05, 0.1) is 6.04 Å². The first-order valence-corrected chi connectivity index (χ1v) is 6.79. The summed E-state index contributed by atoms with van der Waals surface area (Å²) in [6, 6.07) is 0.166. The Balaban J connectivity index is 3.25. The number of rotatable bonds is 6. The quantitative estimate of drug-likeness (QED) is 0.766. The van der Waals surface area contributed by atoms with Gasteiger partial charge in [0.1, 0.15) is 16.4 Å². The molecule has 0 aliphatic carbocycles. The summed E-state index contributed by atoms with van der Waals surface area (Å²) < 4.78 is 1.65. The predicted molar refractivity (Wildman–Crippen MR) is 69.6 cm³/mol. The van der Waals surface area contributed by atoms with Crippen LogP contribution in [0.15, 0.2) is 5.03 Å². The van der Waals surface area contributed by atoms with Gasteiger partial charge in [-0.1, -0.05) is 20.8 Å². The molecule has 96 valence electrons. The molecule has 1 aromatic heterocycles. The zero-order valence-electron chi connectivity index (χ0n) is 10.4. The van der Waals surface area contributed by atoms with Gasteiger partial charge < -0.3 is 10.8 Å². The summed E-state index contributed by atoms with van der Waals surface area (Å²) in [4.78, 5) is 11.2. The van der Waals surface area contributed by atoms with Crippen molar-refractivity contribution in [3.8, 4) is 0 Å². The summed E-state index contributed by atoms with van der Waals surface area (Å²) in [5.41, 5.74) is 6.04. The molecule has 0 unspecified atom stereocenters. The van der Waals surface area contributed by atoms with Gasteiger partial charge in [-0.15, -0.1) is 11.8 Å². The number of nitrogens with zero attached hydrogens (tertiary/aromatic N) is 2. The minimum atomic E-state index is -1.00. The van der Waals surface area contributed by atoms with Crippen LogP contribution in [0.25, 0.3) is 0 Å². The molecule has 0 bridgehead atoms. The standard InChI is InChI=1S/C11H19N3O2S/c1-4-7(5-2)14-9(12)8(11(15)16)10(13-14)17-6-3/h7H,4-6,12H2,1-3H3,(H,15,16). The third-order valence-electron chi connectivity index (χ3n) is 2.70. The van der Waals surface area contributed by atoms with Crippen LogP contribution in [0.5, 0.6) is 0 Å². The number of nitrogens with two attached hydrogens (primary N) is 1. The van der Waals surface area contributed by atoms with Crippen molar-refractivity contribution in [3.63, 3.8) is 0 Å². The van der Waals surface area contributed by atoms with E-state index >= 15 is 0 Å². The van der Waals surface area contributed by atoms with Crippen LogP contribution in [0.4, 0.5) is 5.82 Å². The number of hydrogen-bond acceptors (Lipinski definition) is 4. The molecule has 0 saturated heterocycles. The topological polar surface area (TPSA) is 81.1 Å². The van der Waals surface area contributed by atoms with E-state index in [2.05, 4.69) is 5.10 Å². The zero-order valence-corrected chi connectivity index (χ0v) is 11.3. The van der Waals surface area contributed by atoms with Crippen LogP contribution in [0.2, 0.25) is 0 Å². The van der Waals surface area contributed by atoms with Crippen LogP contribution in [-0.2, 0) is 0 Å². The second-order valence-electron chi connectivity index (χ2n) is 3.72. The molecule has 0 aromatic carbocycles.